The van der Waals surface area contributed by atoms with Crippen LogP contribution in [-0.4, -0.2) is 10.8 Å². The second-order valence-corrected chi connectivity index (χ2v) is 4.18. The lowest BCUT2D eigenvalue weighted by Gasteiger charge is -2.04. The van der Waals surface area contributed by atoms with Gasteiger partial charge in [0.25, 0.3) is 0 Å². The Morgan fingerprint density at radius 3 is 2.29 bits per heavy atom. The number of nitrogens with zero attached hydrogens (tertiary/aromatic N) is 1. The molecule has 0 amide bonds. The summed E-state index contributed by atoms with van der Waals surface area (Å²) in [5, 5.41) is 0. The smallest absolute Gasteiger partial charge is 0.211 e. The maximum Gasteiger partial charge on any atom is 0.211 e. The number of hydrogen-bond acceptors (Lipinski definition) is 3. The Hall–Kier alpha value is -2.16. The first-order valence-corrected chi connectivity index (χ1v) is 5.41. The van der Waals surface area contributed by atoms with Crippen molar-refractivity contribution in [2.75, 3.05) is 5.73 Å². The molecule has 0 saturated carbocycles. The van der Waals surface area contributed by atoms with E-state index < -0.39 is 0 Å². The lowest BCUT2D eigenvalue weighted by molar-refractivity contribution is 0.103. The number of ketones is 1. The molecule has 1 aromatic heterocycles. The van der Waals surface area contributed by atoms with Gasteiger partial charge in [-0.2, -0.15) is 0 Å². The molecule has 0 radical (unpaired) electrons. The van der Waals surface area contributed by atoms with Crippen LogP contribution in [0.2, 0.25) is 0 Å². The van der Waals surface area contributed by atoms with Crippen molar-refractivity contribution in [3.05, 3.63) is 58.9 Å². The Morgan fingerprint density at radius 1 is 1.12 bits per heavy atom. The third-order valence-corrected chi connectivity index (χ3v) is 2.50. The van der Waals surface area contributed by atoms with Crippen LogP contribution in [0.3, 0.4) is 0 Å². The van der Waals surface area contributed by atoms with Crippen molar-refractivity contribution in [3.63, 3.8) is 0 Å². The van der Waals surface area contributed by atoms with Crippen LogP contribution in [0, 0.1) is 13.8 Å². The van der Waals surface area contributed by atoms with Gasteiger partial charge in [-0.1, -0.05) is 17.2 Å². The van der Waals surface area contributed by atoms with Crippen LogP contribution >= 0.6 is 0 Å². The number of hydrogen-bond donors (Lipinski definition) is 1. The molecule has 0 spiro atoms. The quantitative estimate of drug-likeness (QED) is 0.800. The summed E-state index contributed by atoms with van der Waals surface area (Å²) in [6, 6.07) is 9.10. The fourth-order valence-electron chi connectivity index (χ4n) is 1.79. The standard InChI is InChI=1S/C14H14N2O/c1-9-5-10(2)7-11(6-9)14(17)13-4-3-12(15)8-16-13/h3-8H,15H2,1-2H3. The Labute approximate surface area is 100 Å². The molecular weight excluding hydrogens is 212 g/mol. The van der Waals surface area contributed by atoms with E-state index in [0.717, 1.165) is 11.1 Å². The summed E-state index contributed by atoms with van der Waals surface area (Å²) in [5.41, 5.74) is 9.33. The molecule has 0 atom stereocenters. The summed E-state index contributed by atoms with van der Waals surface area (Å²) in [6.07, 6.45) is 1.50. The Bertz CT molecular complexity index is 539. The van der Waals surface area contributed by atoms with Crippen LogP contribution in [0.1, 0.15) is 27.2 Å². The number of nitrogen functional groups attached to an aromatic ring is 1. The number of nitrogens with two attached hydrogens (primary N) is 1. The Morgan fingerprint density at radius 2 is 1.76 bits per heavy atom. The third kappa shape index (κ3) is 2.50. The number of benzene rings is 1. The van der Waals surface area contributed by atoms with Gasteiger partial charge < -0.3 is 5.73 Å². The first-order valence-electron chi connectivity index (χ1n) is 5.41. The van der Waals surface area contributed by atoms with Gasteiger partial charge in [-0.25, -0.2) is 0 Å². The van der Waals surface area contributed by atoms with Crippen molar-refractivity contribution in [1.82, 2.24) is 4.98 Å². The second kappa shape index (κ2) is 4.37. The summed E-state index contributed by atoms with van der Waals surface area (Å²) in [6.45, 7) is 3.94. The summed E-state index contributed by atoms with van der Waals surface area (Å²) in [5.74, 6) is -0.0724. The number of rotatable bonds is 2. The zero-order valence-corrected chi connectivity index (χ0v) is 9.90. The van der Waals surface area contributed by atoms with Crippen molar-refractivity contribution < 1.29 is 4.79 Å². The zero-order chi connectivity index (χ0) is 12.4. The van der Waals surface area contributed by atoms with Gasteiger partial charge >= 0.3 is 0 Å². The molecule has 2 rings (SSSR count). The molecule has 3 nitrogen and oxygen atoms in total. The number of anilines is 1. The van der Waals surface area contributed by atoms with Gasteiger partial charge in [-0.05, 0) is 38.1 Å². The van der Waals surface area contributed by atoms with Crippen LogP contribution in [0.5, 0.6) is 0 Å². The van der Waals surface area contributed by atoms with Crippen molar-refractivity contribution >= 4 is 11.5 Å². The molecule has 86 valence electrons. The number of aryl methyl sites for hydroxylation is 2. The Balaban J connectivity index is 2.40. The first kappa shape index (κ1) is 11.3. The fraction of sp³-hybridized carbons (Fsp3) is 0.143. The minimum Gasteiger partial charge on any atom is -0.397 e. The average Bonchev–Trinajstić information content (AvgIpc) is 2.28. The predicted octanol–water partition coefficient (Wildman–Crippen LogP) is 2.51. The van der Waals surface area contributed by atoms with Crippen molar-refractivity contribution in [3.8, 4) is 0 Å². The fourth-order valence-corrected chi connectivity index (χ4v) is 1.79. The predicted molar refractivity (Wildman–Crippen MR) is 68.0 cm³/mol. The van der Waals surface area contributed by atoms with E-state index in [1.165, 1.54) is 6.20 Å². The van der Waals surface area contributed by atoms with Gasteiger partial charge in [-0.3, -0.25) is 9.78 Å². The van der Waals surface area contributed by atoms with Crippen LogP contribution in [0.4, 0.5) is 5.69 Å². The van der Waals surface area contributed by atoms with Crippen molar-refractivity contribution in [2.45, 2.75) is 13.8 Å². The van der Waals surface area contributed by atoms with Crippen molar-refractivity contribution in [2.24, 2.45) is 0 Å². The van der Waals surface area contributed by atoms with Crippen LogP contribution in [-0.2, 0) is 0 Å². The highest BCUT2D eigenvalue weighted by molar-refractivity contribution is 6.07. The van der Waals surface area contributed by atoms with Crippen LogP contribution in [0.25, 0.3) is 0 Å². The highest BCUT2D eigenvalue weighted by Gasteiger charge is 2.10. The maximum atomic E-state index is 12.2. The SMILES string of the molecule is Cc1cc(C)cc(C(=O)c2ccc(N)cn2)c1. The normalized spacial score (nSPS) is 10.2. The molecule has 3 heteroatoms. The van der Waals surface area contributed by atoms with E-state index in [1.807, 2.05) is 32.0 Å². The molecule has 0 aliphatic heterocycles. The van der Waals surface area contributed by atoms with E-state index in [0.29, 0.717) is 16.9 Å². The second-order valence-electron chi connectivity index (χ2n) is 4.18. The molecule has 0 bridgehead atoms. The molecular formula is C14H14N2O. The van der Waals surface area contributed by atoms with Gasteiger partial charge in [0.05, 0.1) is 11.9 Å². The summed E-state index contributed by atoms with van der Waals surface area (Å²) in [4.78, 5) is 16.2. The third-order valence-electron chi connectivity index (χ3n) is 2.50. The molecule has 0 unspecified atom stereocenters. The van der Waals surface area contributed by atoms with Gasteiger partial charge in [0.15, 0.2) is 0 Å². The van der Waals surface area contributed by atoms with Gasteiger partial charge in [0, 0.05) is 5.56 Å². The monoisotopic (exact) mass is 226 g/mol. The molecule has 0 fully saturated rings. The topological polar surface area (TPSA) is 56.0 Å². The summed E-state index contributed by atoms with van der Waals surface area (Å²) >= 11 is 0. The first-order chi connectivity index (χ1) is 8.06. The van der Waals surface area contributed by atoms with E-state index in [4.69, 9.17) is 5.73 Å². The van der Waals surface area contributed by atoms with E-state index in [9.17, 15) is 4.79 Å². The summed E-state index contributed by atoms with van der Waals surface area (Å²) in [7, 11) is 0. The molecule has 0 saturated heterocycles. The minimum absolute atomic E-state index is 0.0724. The van der Waals surface area contributed by atoms with Gasteiger partial charge in [0.1, 0.15) is 5.69 Å². The largest absolute Gasteiger partial charge is 0.397 e. The van der Waals surface area contributed by atoms with E-state index in [1.54, 1.807) is 12.1 Å². The highest BCUT2D eigenvalue weighted by Crippen LogP contribution is 2.13. The highest BCUT2D eigenvalue weighted by atomic mass is 16.1. The summed E-state index contributed by atoms with van der Waals surface area (Å²) < 4.78 is 0. The van der Waals surface area contributed by atoms with E-state index in [2.05, 4.69) is 4.98 Å². The maximum absolute atomic E-state index is 12.2. The molecule has 0 aliphatic rings. The van der Waals surface area contributed by atoms with Gasteiger partial charge in [0.2, 0.25) is 5.78 Å². The van der Waals surface area contributed by atoms with Crippen LogP contribution in [0.15, 0.2) is 36.5 Å². The molecule has 2 N–H and O–H groups in total. The number of carbonyl (C=O) groups is 1. The van der Waals surface area contributed by atoms with Gasteiger partial charge in [-0.15, -0.1) is 0 Å². The van der Waals surface area contributed by atoms with Crippen LogP contribution < -0.4 is 5.73 Å². The average molecular weight is 226 g/mol. The molecule has 0 aliphatic carbocycles. The molecule has 1 heterocycles. The lowest BCUT2D eigenvalue weighted by Crippen LogP contribution is -2.05. The lowest BCUT2D eigenvalue weighted by atomic mass is 10.0. The zero-order valence-electron chi connectivity index (χ0n) is 9.90. The number of pyridine rings is 1. The minimum atomic E-state index is -0.0724. The van der Waals surface area contributed by atoms with E-state index in [-0.39, 0.29) is 5.78 Å². The number of aromatic nitrogens is 1. The Kier molecular flexibility index (Phi) is 2.91. The number of carbonyl (C=O) groups excluding carboxylic acids is 1. The molecule has 1 aromatic carbocycles. The molecule has 17 heavy (non-hydrogen) atoms. The van der Waals surface area contributed by atoms with Crippen molar-refractivity contribution in [1.29, 1.82) is 0 Å². The van der Waals surface area contributed by atoms with E-state index >= 15 is 0 Å². The molecule has 2 aromatic rings.